The van der Waals surface area contributed by atoms with Gasteiger partial charge in [-0.2, -0.15) is 0 Å². The molecule has 2 saturated heterocycles. The van der Waals surface area contributed by atoms with Crippen molar-refractivity contribution >= 4 is 29.1 Å². The predicted octanol–water partition coefficient (Wildman–Crippen LogP) is 3.09. The molecule has 1 N–H and O–H groups in total. The number of hydrogen-bond acceptors (Lipinski definition) is 4. The third kappa shape index (κ3) is 3.43. The van der Waals surface area contributed by atoms with Gasteiger partial charge in [-0.05, 0) is 48.7 Å². The largest absolute Gasteiger partial charge is 0.385 e. The topological polar surface area (TPSA) is 60.9 Å². The first-order valence-electron chi connectivity index (χ1n) is 9.22. The monoisotopic (exact) mass is 402 g/mol. The Morgan fingerprint density at radius 1 is 1.07 bits per heavy atom. The van der Waals surface area contributed by atoms with Crippen LogP contribution in [0.3, 0.4) is 0 Å². The first-order valence-corrected chi connectivity index (χ1v) is 9.60. The van der Waals surface area contributed by atoms with E-state index in [1.165, 1.54) is 18.2 Å². The Bertz CT molecular complexity index is 910. The van der Waals surface area contributed by atoms with Crippen LogP contribution in [0.15, 0.2) is 48.5 Å². The number of carbonyl (C=O) groups excluding carboxylic acids is 2. The Hall–Kier alpha value is -2.28. The highest BCUT2D eigenvalue weighted by atomic mass is 35.5. The third-order valence-corrected chi connectivity index (χ3v) is 5.89. The summed E-state index contributed by atoms with van der Waals surface area (Å²) in [6, 6.07) is 12.0. The summed E-state index contributed by atoms with van der Waals surface area (Å²) < 4.78 is 13.5. The second-order valence-electron chi connectivity index (χ2n) is 7.34. The zero-order valence-corrected chi connectivity index (χ0v) is 15.9. The highest BCUT2D eigenvalue weighted by molar-refractivity contribution is 6.30. The van der Waals surface area contributed by atoms with Crippen LogP contribution in [0, 0.1) is 5.82 Å². The van der Waals surface area contributed by atoms with E-state index in [1.54, 1.807) is 18.2 Å². The molecule has 146 valence electrons. The molecule has 2 heterocycles. The van der Waals surface area contributed by atoms with Crippen molar-refractivity contribution in [3.05, 3.63) is 64.9 Å². The number of rotatable bonds is 3. The van der Waals surface area contributed by atoms with Gasteiger partial charge in [0.1, 0.15) is 5.82 Å². The normalized spacial score (nSPS) is 22.7. The molecule has 2 aromatic rings. The number of aliphatic hydroxyl groups is 1. The minimum Gasteiger partial charge on any atom is -0.385 e. The Morgan fingerprint density at radius 2 is 1.75 bits per heavy atom. The highest BCUT2D eigenvalue weighted by Crippen LogP contribution is 2.36. The maximum absolute atomic E-state index is 13.5. The fraction of sp³-hybridized carbons (Fsp3) is 0.333. The van der Waals surface area contributed by atoms with E-state index in [9.17, 15) is 19.1 Å². The number of halogens is 2. The number of anilines is 1. The molecule has 4 rings (SSSR count). The molecule has 0 saturated carbocycles. The van der Waals surface area contributed by atoms with Crippen LogP contribution in [0.2, 0.25) is 5.02 Å². The lowest BCUT2D eigenvalue weighted by Gasteiger charge is -2.40. The van der Waals surface area contributed by atoms with E-state index in [1.807, 2.05) is 17.0 Å². The Morgan fingerprint density at radius 3 is 2.39 bits per heavy atom. The second-order valence-corrected chi connectivity index (χ2v) is 7.78. The van der Waals surface area contributed by atoms with Gasteiger partial charge in [0, 0.05) is 18.1 Å². The molecule has 28 heavy (non-hydrogen) atoms. The van der Waals surface area contributed by atoms with Crippen LogP contribution in [0.4, 0.5) is 10.1 Å². The smallest absolute Gasteiger partial charge is 0.251 e. The quantitative estimate of drug-likeness (QED) is 0.801. The van der Waals surface area contributed by atoms with Gasteiger partial charge in [-0.3, -0.25) is 14.5 Å². The van der Waals surface area contributed by atoms with Gasteiger partial charge in [0.05, 0.1) is 23.8 Å². The standard InChI is InChI=1S/C21H20ClFN2O3/c22-15-6-4-14(5-7-15)21(28)8-10-24(11-9-21)18-13-19(26)25(20(18)27)17-3-1-2-16(23)12-17/h1-7,12,18,28H,8-11,13H2. The minimum atomic E-state index is -0.977. The van der Waals surface area contributed by atoms with Crippen LogP contribution >= 0.6 is 11.6 Å². The summed E-state index contributed by atoms with van der Waals surface area (Å²) in [7, 11) is 0. The lowest BCUT2D eigenvalue weighted by molar-refractivity contribution is -0.124. The fourth-order valence-electron chi connectivity index (χ4n) is 4.04. The number of carbonyl (C=O) groups is 2. The molecule has 1 unspecified atom stereocenters. The first kappa shape index (κ1) is 19.1. The predicted molar refractivity (Wildman–Crippen MR) is 103 cm³/mol. The second kappa shape index (κ2) is 7.28. The molecular weight excluding hydrogens is 383 g/mol. The van der Waals surface area contributed by atoms with Gasteiger partial charge in [-0.15, -0.1) is 0 Å². The van der Waals surface area contributed by atoms with E-state index in [-0.39, 0.29) is 23.9 Å². The molecule has 2 amide bonds. The van der Waals surface area contributed by atoms with E-state index < -0.39 is 17.5 Å². The van der Waals surface area contributed by atoms with Crippen molar-refractivity contribution in [2.75, 3.05) is 18.0 Å². The average molecular weight is 403 g/mol. The zero-order valence-electron chi connectivity index (χ0n) is 15.1. The van der Waals surface area contributed by atoms with Crippen LogP contribution in [-0.2, 0) is 15.2 Å². The lowest BCUT2D eigenvalue weighted by atomic mass is 9.84. The number of imide groups is 1. The summed E-state index contributed by atoms with van der Waals surface area (Å²) in [5, 5.41) is 11.6. The highest BCUT2D eigenvalue weighted by Gasteiger charge is 2.45. The SMILES string of the molecule is O=C1CC(N2CCC(O)(c3ccc(Cl)cc3)CC2)C(=O)N1c1cccc(F)c1. The molecular formula is C21H20ClFN2O3. The summed E-state index contributed by atoms with van der Waals surface area (Å²) in [6.45, 7) is 0.972. The Labute approximate surface area is 167 Å². The van der Waals surface area contributed by atoms with Gasteiger partial charge in [-0.1, -0.05) is 29.8 Å². The lowest BCUT2D eigenvalue weighted by Crippen LogP contribution is -2.49. The van der Waals surface area contributed by atoms with Crippen molar-refractivity contribution in [2.24, 2.45) is 0 Å². The van der Waals surface area contributed by atoms with Crippen LogP contribution in [0.25, 0.3) is 0 Å². The molecule has 2 aliphatic rings. The summed E-state index contributed by atoms with van der Waals surface area (Å²) in [6.07, 6.45) is 0.966. The molecule has 5 nitrogen and oxygen atoms in total. The number of nitrogens with zero attached hydrogens (tertiary/aromatic N) is 2. The van der Waals surface area contributed by atoms with E-state index in [0.717, 1.165) is 10.5 Å². The summed E-state index contributed by atoms with van der Waals surface area (Å²) in [5.74, 6) is -1.17. The molecule has 0 bridgehead atoms. The maximum atomic E-state index is 13.5. The maximum Gasteiger partial charge on any atom is 0.251 e. The van der Waals surface area contributed by atoms with E-state index in [0.29, 0.717) is 31.0 Å². The fourth-order valence-corrected chi connectivity index (χ4v) is 4.17. The Kier molecular flexibility index (Phi) is 4.95. The molecule has 1 atom stereocenters. The van der Waals surface area contributed by atoms with Gasteiger partial charge in [-0.25, -0.2) is 9.29 Å². The van der Waals surface area contributed by atoms with Crippen molar-refractivity contribution in [3.8, 4) is 0 Å². The van der Waals surface area contributed by atoms with Crippen molar-refractivity contribution in [1.82, 2.24) is 4.90 Å². The van der Waals surface area contributed by atoms with E-state index >= 15 is 0 Å². The number of likely N-dealkylation sites (tertiary alicyclic amines) is 1. The number of amides is 2. The van der Waals surface area contributed by atoms with Crippen LogP contribution in [0.5, 0.6) is 0 Å². The molecule has 0 spiro atoms. The average Bonchev–Trinajstić information content (AvgIpc) is 2.97. The number of hydrogen-bond donors (Lipinski definition) is 1. The molecule has 2 aromatic carbocycles. The summed E-state index contributed by atoms with van der Waals surface area (Å²) in [4.78, 5) is 28.3. The number of benzene rings is 2. The molecule has 0 radical (unpaired) electrons. The molecule has 7 heteroatoms. The Balaban J connectivity index is 1.47. The number of piperidine rings is 1. The first-order chi connectivity index (χ1) is 13.4. The molecule has 0 aromatic heterocycles. The molecule has 0 aliphatic carbocycles. The van der Waals surface area contributed by atoms with Crippen molar-refractivity contribution in [2.45, 2.75) is 30.9 Å². The zero-order chi connectivity index (χ0) is 19.9. The minimum absolute atomic E-state index is 0.0642. The van der Waals surface area contributed by atoms with Crippen LogP contribution < -0.4 is 4.90 Å². The van der Waals surface area contributed by atoms with Crippen LogP contribution in [0.1, 0.15) is 24.8 Å². The molecule has 2 fully saturated rings. The summed E-state index contributed by atoms with van der Waals surface area (Å²) in [5.41, 5.74) is 0.0774. The van der Waals surface area contributed by atoms with Gasteiger partial charge in [0.2, 0.25) is 5.91 Å². The molecule has 2 aliphatic heterocycles. The van der Waals surface area contributed by atoms with Gasteiger partial charge in [0.15, 0.2) is 0 Å². The van der Waals surface area contributed by atoms with Gasteiger partial charge >= 0.3 is 0 Å². The van der Waals surface area contributed by atoms with Crippen molar-refractivity contribution < 1.29 is 19.1 Å². The van der Waals surface area contributed by atoms with Crippen molar-refractivity contribution in [1.29, 1.82) is 0 Å². The van der Waals surface area contributed by atoms with Crippen molar-refractivity contribution in [3.63, 3.8) is 0 Å². The summed E-state index contributed by atoms with van der Waals surface area (Å²) >= 11 is 5.92. The van der Waals surface area contributed by atoms with E-state index in [2.05, 4.69) is 0 Å². The van der Waals surface area contributed by atoms with Crippen LogP contribution in [-0.4, -0.2) is 41.0 Å². The van der Waals surface area contributed by atoms with E-state index in [4.69, 9.17) is 11.6 Å². The van der Waals surface area contributed by atoms with Gasteiger partial charge < -0.3 is 5.11 Å². The van der Waals surface area contributed by atoms with Gasteiger partial charge in [0.25, 0.3) is 5.91 Å². The third-order valence-electron chi connectivity index (χ3n) is 5.64.